The summed E-state index contributed by atoms with van der Waals surface area (Å²) in [7, 11) is 0. The Labute approximate surface area is 161 Å². The summed E-state index contributed by atoms with van der Waals surface area (Å²) < 4.78 is 0. The van der Waals surface area contributed by atoms with Gasteiger partial charge in [0.2, 0.25) is 5.28 Å². The van der Waals surface area contributed by atoms with Gasteiger partial charge in [-0.15, -0.1) is 0 Å². The minimum absolute atomic E-state index is 0.228. The Balaban J connectivity index is 1.60. The maximum atomic E-state index is 6.21. The van der Waals surface area contributed by atoms with Crippen molar-refractivity contribution in [2.24, 2.45) is 0 Å². The van der Waals surface area contributed by atoms with Crippen molar-refractivity contribution in [3.8, 4) is 0 Å². The summed E-state index contributed by atoms with van der Waals surface area (Å²) in [4.78, 5) is 19.9. The first-order valence-corrected chi connectivity index (χ1v) is 10.1. The molecule has 1 N–H and O–H groups in total. The highest BCUT2D eigenvalue weighted by Crippen LogP contribution is 2.28. The van der Waals surface area contributed by atoms with Crippen molar-refractivity contribution in [2.75, 3.05) is 41.4 Å². The van der Waals surface area contributed by atoms with Gasteiger partial charge >= 0.3 is 0 Å². The predicted octanol–water partition coefficient (Wildman–Crippen LogP) is 3.28. The van der Waals surface area contributed by atoms with Crippen LogP contribution >= 0.6 is 23.4 Å². The normalized spacial score (nSPS) is 14.6. The first-order chi connectivity index (χ1) is 12.8. The number of halogens is 1. The van der Waals surface area contributed by atoms with Gasteiger partial charge in [0.1, 0.15) is 17.4 Å². The molecular weight excluding hydrogens is 368 g/mol. The van der Waals surface area contributed by atoms with Gasteiger partial charge < -0.3 is 10.2 Å². The molecule has 1 aromatic carbocycles. The monoisotopic (exact) mass is 386 g/mol. The summed E-state index contributed by atoms with van der Waals surface area (Å²) in [6, 6.07) is 10.3. The highest BCUT2D eigenvalue weighted by molar-refractivity contribution is 7.99. The molecule has 6 nitrogen and oxygen atoms in total. The molecule has 4 rings (SSSR count). The maximum Gasteiger partial charge on any atom is 0.225 e. The van der Waals surface area contributed by atoms with Crippen molar-refractivity contribution >= 4 is 46.0 Å². The van der Waals surface area contributed by atoms with E-state index in [9.17, 15) is 0 Å². The zero-order valence-electron chi connectivity index (χ0n) is 14.2. The van der Waals surface area contributed by atoms with Gasteiger partial charge in [-0.25, -0.2) is 15.0 Å². The zero-order chi connectivity index (χ0) is 17.8. The molecule has 0 unspecified atom stereocenters. The van der Waals surface area contributed by atoms with Crippen molar-refractivity contribution in [2.45, 2.75) is 6.42 Å². The molecule has 1 aliphatic rings. The van der Waals surface area contributed by atoms with Crippen LogP contribution in [0.25, 0.3) is 11.0 Å². The lowest BCUT2D eigenvalue weighted by Crippen LogP contribution is -2.33. The average molecular weight is 387 g/mol. The van der Waals surface area contributed by atoms with E-state index in [-0.39, 0.29) is 5.28 Å². The zero-order valence-corrected chi connectivity index (χ0v) is 15.8. The first kappa shape index (κ1) is 17.3. The highest BCUT2D eigenvalue weighted by Gasteiger charge is 2.19. The number of nitrogens with one attached hydrogen (secondary N) is 1. The molecule has 0 amide bonds. The molecule has 134 valence electrons. The van der Waals surface area contributed by atoms with E-state index in [1.54, 1.807) is 6.33 Å². The van der Waals surface area contributed by atoms with Crippen LogP contribution in [-0.4, -0.2) is 51.1 Å². The molecule has 0 aliphatic carbocycles. The van der Waals surface area contributed by atoms with E-state index in [1.165, 1.54) is 5.56 Å². The number of aromatic nitrogens is 4. The Morgan fingerprint density at radius 1 is 1.04 bits per heavy atom. The minimum atomic E-state index is 0.228. The van der Waals surface area contributed by atoms with Gasteiger partial charge in [0, 0.05) is 31.1 Å². The summed E-state index contributed by atoms with van der Waals surface area (Å²) in [6.07, 6.45) is 2.47. The Bertz CT molecular complexity index is 885. The van der Waals surface area contributed by atoms with E-state index in [0.717, 1.165) is 48.9 Å². The van der Waals surface area contributed by atoms with Gasteiger partial charge in [0.25, 0.3) is 0 Å². The van der Waals surface area contributed by atoms with Crippen LogP contribution in [0.2, 0.25) is 5.28 Å². The number of benzene rings is 1. The Hall–Kier alpha value is -2.12. The highest BCUT2D eigenvalue weighted by atomic mass is 35.5. The van der Waals surface area contributed by atoms with Gasteiger partial charge in [-0.1, -0.05) is 30.3 Å². The van der Waals surface area contributed by atoms with Crippen molar-refractivity contribution in [3.05, 3.63) is 47.5 Å². The van der Waals surface area contributed by atoms with E-state index >= 15 is 0 Å². The largest absolute Gasteiger partial charge is 0.368 e. The molecule has 26 heavy (non-hydrogen) atoms. The minimum Gasteiger partial charge on any atom is -0.368 e. The van der Waals surface area contributed by atoms with Gasteiger partial charge in [-0.2, -0.15) is 16.7 Å². The first-order valence-electron chi connectivity index (χ1n) is 8.60. The van der Waals surface area contributed by atoms with Crippen molar-refractivity contribution in [1.82, 2.24) is 19.9 Å². The number of nitrogens with zero attached hydrogens (tertiary/aromatic N) is 5. The lowest BCUT2D eigenvalue weighted by molar-refractivity contribution is 0.839. The van der Waals surface area contributed by atoms with E-state index in [1.807, 2.05) is 30.0 Å². The second-order valence-corrected chi connectivity index (χ2v) is 7.56. The van der Waals surface area contributed by atoms with Crippen LogP contribution in [-0.2, 0) is 6.42 Å². The Kier molecular flexibility index (Phi) is 5.36. The lowest BCUT2D eigenvalue weighted by Gasteiger charge is -2.28. The van der Waals surface area contributed by atoms with Gasteiger partial charge in [0.05, 0.1) is 0 Å². The van der Waals surface area contributed by atoms with Crippen LogP contribution in [0.1, 0.15) is 5.56 Å². The number of hydrogen-bond acceptors (Lipinski definition) is 7. The van der Waals surface area contributed by atoms with Crippen molar-refractivity contribution in [3.63, 3.8) is 0 Å². The second kappa shape index (κ2) is 8.05. The Morgan fingerprint density at radius 2 is 1.85 bits per heavy atom. The number of thioether (sulfide) groups is 1. The van der Waals surface area contributed by atoms with Crippen LogP contribution in [0.5, 0.6) is 0 Å². The Morgan fingerprint density at radius 3 is 2.65 bits per heavy atom. The third kappa shape index (κ3) is 3.83. The SMILES string of the molecule is Clc1nc(N2CCSCC2)c2ncnc(NCCc3ccccc3)c2n1. The third-order valence-corrected chi connectivity index (χ3v) is 5.41. The fourth-order valence-corrected chi connectivity index (χ4v) is 4.07. The van der Waals surface area contributed by atoms with E-state index in [2.05, 4.69) is 42.3 Å². The molecule has 2 aromatic heterocycles. The molecule has 0 radical (unpaired) electrons. The molecule has 0 bridgehead atoms. The predicted molar refractivity (Wildman–Crippen MR) is 108 cm³/mol. The third-order valence-electron chi connectivity index (χ3n) is 4.30. The molecule has 1 aliphatic heterocycles. The molecule has 0 spiro atoms. The summed E-state index contributed by atoms with van der Waals surface area (Å²) >= 11 is 8.16. The number of rotatable bonds is 5. The topological polar surface area (TPSA) is 66.8 Å². The van der Waals surface area contributed by atoms with E-state index in [4.69, 9.17) is 11.6 Å². The maximum absolute atomic E-state index is 6.21. The van der Waals surface area contributed by atoms with Crippen LogP contribution < -0.4 is 10.2 Å². The molecule has 8 heteroatoms. The molecule has 0 atom stereocenters. The fourth-order valence-electron chi connectivity index (χ4n) is 3.00. The number of anilines is 2. The standard InChI is InChI=1S/C18H19ClN6S/c19-18-23-14-15(17(24-18)25-8-10-26-11-9-25)21-12-22-16(14)20-7-6-13-4-2-1-3-5-13/h1-5,12H,6-11H2,(H,20,21,22). The summed E-state index contributed by atoms with van der Waals surface area (Å²) in [5.74, 6) is 3.66. The smallest absolute Gasteiger partial charge is 0.225 e. The van der Waals surface area contributed by atoms with Crippen LogP contribution in [0, 0.1) is 0 Å². The summed E-state index contributed by atoms with van der Waals surface area (Å²) in [6.45, 7) is 2.63. The van der Waals surface area contributed by atoms with Crippen LogP contribution in [0.15, 0.2) is 36.7 Å². The van der Waals surface area contributed by atoms with Crippen LogP contribution in [0.4, 0.5) is 11.6 Å². The molecule has 1 fully saturated rings. The molecule has 1 saturated heterocycles. The summed E-state index contributed by atoms with van der Waals surface area (Å²) in [5, 5.41) is 3.60. The van der Waals surface area contributed by atoms with E-state index < -0.39 is 0 Å². The average Bonchev–Trinajstić information content (AvgIpc) is 2.69. The van der Waals surface area contributed by atoms with Gasteiger partial charge in [-0.05, 0) is 23.6 Å². The quantitative estimate of drug-likeness (QED) is 0.675. The van der Waals surface area contributed by atoms with Crippen molar-refractivity contribution < 1.29 is 0 Å². The number of fused-ring (bicyclic) bond motifs is 1. The lowest BCUT2D eigenvalue weighted by atomic mass is 10.1. The van der Waals surface area contributed by atoms with Gasteiger partial charge in [0.15, 0.2) is 11.6 Å². The molecule has 3 heterocycles. The second-order valence-electron chi connectivity index (χ2n) is 6.00. The van der Waals surface area contributed by atoms with Crippen LogP contribution in [0.3, 0.4) is 0 Å². The van der Waals surface area contributed by atoms with Crippen molar-refractivity contribution in [1.29, 1.82) is 0 Å². The fraction of sp³-hybridized carbons (Fsp3) is 0.333. The molecule has 3 aromatic rings. The number of hydrogen-bond donors (Lipinski definition) is 1. The molecule has 0 saturated carbocycles. The molecular formula is C18H19ClN6S. The summed E-state index contributed by atoms with van der Waals surface area (Å²) in [5.41, 5.74) is 2.70. The van der Waals surface area contributed by atoms with E-state index in [0.29, 0.717) is 11.3 Å². The van der Waals surface area contributed by atoms with Gasteiger partial charge in [-0.3, -0.25) is 0 Å².